The van der Waals surface area contributed by atoms with E-state index in [1.807, 2.05) is 0 Å². The molecule has 1 aliphatic heterocycles. The first kappa shape index (κ1) is 17.4. The third-order valence-corrected chi connectivity index (χ3v) is 4.71. The monoisotopic (exact) mass is 337 g/mol. The number of piperidine rings is 1. The van der Waals surface area contributed by atoms with Gasteiger partial charge in [-0.3, -0.25) is 0 Å². The van der Waals surface area contributed by atoms with Crippen LogP contribution in [0.3, 0.4) is 0 Å². The van der Waals surface area contributed by atoms with E-state index in [1.165, 1.54) is 29.8 Å². The second-order valence-electron chi connectivity index (χ2n) is 6.32. The number of hydrogen-bond donors (Lipinski definition) is 1. The molecule has 0 atom stereocenters. The predicted octanol–water partition coefficient (Wildman–Crippen LogP) is 4.79. The number of allylic oxidation sites excluding steroid dienone is 1. The van der Waals surface area contributed by atoms with E-state index in [0.717, 1.165) is 42.6 Å². The molecule has 25 heavy (non-hydrogen) atoms. The van der Waals surface area contributed by atoms with Gasteiger partial charge in [-0.2, -0.15) is 0 Å². The van der Waals surface area contributed by atoms with Crippen molar-refractivity contribution in [2.75, 3.05) is 13.1 Å². The zero-order chi connectivity index (χ0) is 17.6. The molecule has 2 aromatic carbocycles. The van der Waals surface area contributed by atoms with Crippen LogP contribution in [0.4, 0.5) is 8.78 Å². The summed E-state index contributed by atoms with van der Waals surface area (Å²) in [6.07, 6.45) is 8.23. The summed E-state index contributed by atoms with van der Waals surface area (Å²) in [7, 11) is 0. The van der Waals surface area contributed by atoms with Gasteiger partial charge in [-0.15, -0.1) is 12.3 Å². The van der Waals surface area contributed by atoms with Gasteiger partial charge in [0.2, 0.25) is 0 Å². The predicted molar refractivity (Wildman–Crippen MR) is 97.9 cm³/mol. The Balaban J connectivity index is 2.17. The number of rotatable bonds is 4. The van der Waals surface area contributed by atoms with Gasteiger partial charge in [0.1, 0.15) is 11.6 Å². The first-order valence-electron chi connectivity index (χ1n) is 8.58. The van der Waals surface area contributed by atoms with Crippen LogP contribution in [-0.2, 0) is 0 Å². The molecule has 0 radical (unpaired) electrons. The number of terminal acetylenes is 1. The van der Waals surface area contributed by atoms with E-state index in [4.69, 9.17) is 6.42 Å². The molecule has 0 spiro atoms. The largest absolute Gasteiger partial charge is 0.317 e. The zero-order valence-electron chi connectivity index (χ0n) is 14.1. The van der Waals surface area contributed by atoms with Crippen molar-refractivity contribution < 1.29 is 8.78 Å². The number of benzene rings is 2. The van der Waals surface area contributed by atoms with E-state index >= 15 is 0 Å². The lowest BCUT2D eigenvalue weighted by atomic mass is 9.81. The fraction of sp³-hybridized carbons (Fsp3) is 0.273. The van der Waals surface area contributed by atoms with E-state index in [0.29, 0.717) is 12.3 Å². The van der Waals surface area contributed by atoms with E-state index in [2.05, 4.69) is 11.2 Å². The van der Waals surface area contributed by atoms with Crippen LogP contribution in [0.1, 0.15) is 30.4 Å². The Bertz CT molecular complexity index is 729. The lowest BCUT2D eigenvalue weighted by Crippen LogP contribution is -2.29. The molecule has 3 rings (SSSR count). The summed E-state index contributed by atoms with van der Waals surface area (Å²) in [6, 6.07) is 12.9. The molecule has 128 valence electrons. The van der Waals surface area contributed by atoms with Gasteiger partial charge >= 0.3 is 0 Å². The first-order chi connectivity index (χ1) is 12.2. The van der Waals surface area contributed by atoms with Crippen molar-refractivity contribution in [3.8, 4) is 12.3 Å². The number of halogens is 2. The van der Waals surface area contributed by atoms with Gasteiger partial charge in [-0.1, -0.05) is 24.3 Å². The molecule has 1 saturated heterocycles. The van der Waals surface area contributed by atoms with Crippen molar-refractivity contribution in [3.05, 3.63) is 76.9 Å². The van der Waals surface area contributed by atoms with Crippen molar-refractivity contribution in [2.45, 2.75) is 19.3 Å². The molecule has 1 nitrogen and oxygen atoms in total. The molecule has 2 aromatic rings. The summed E-state index contributed by atoms with van der Waals surface area (Å²) in [5, 5.41) is 3.37. The number of hydrogen-bond acceptors (Lipinski definition) is 1. The second-order valence-corrected chi connectivity index (χ2v) is 6.32. The van der Waals surface area contributed by atoms with E-state index in [9.17, 15) is 8.78 Å². The Hall–Kier alpha value is -2.44. The van der Waals surface area contributed by atoms with E-state index in [1.54, 1.807) is 24.3 Å². The maximum absolute atomic E-state index is 13.4. The number of nitrogens with one attached hydrogen (secondary N) is 1. The van der Waals surface area contributed by atoms with Crippen molar-refractivity contribution in [2.24, 2.45) is 5.92 Å². The Morgan fingerprint density at radius 3 is 1.84 bits per heavy atom. The molecular formula is C22H21F2N. The summed E-state index contributed by atoms with van der Waals surface area (Å²) in [5.74, 6) is 2.61. The van der Waals surface area contributed by atoms with Crippen molar-refractivity contribution in [1.29, 1.82) is 0 Å². The van der Waals surface area contributed by atoms with Crippen LogP contribution >= 0.6 is 0 Å². The summed E-state index contributed by atoms with van der Waals surface area (Å²) < 4.78 is 26.8. The molecular weight excluding hydrogens is 316 g/mol. The summed E-state index contributed by atoms with van der Waals surface area (Å²) >= 11 is 0. The minimum Gasteiger partial charge on any atom is -0.317 e. The topological polar surface area (TPSA) is 12.0 Å². The van der Waals surface area contributed by atoms with E-state index < -0.39 is 0 Å². The maximum atomic E-state index is 13.4. The van der Waals surface area contributed by atoms with Crippen LogP contribution in [0.25, 0.3) is 5.57 Å². The highest BCUT2D eigenvalue weighted by Gasteiger charge is 2.22. The van der Waals surface area contributed by atoms with Crippen molar-refractivity contribution in [1.82, 2.24) is 5.32 Å². The Kier molecular flexibility index (Phi) is 5.63. The molecule has 3 heteroatoms. The van der Waals surface area contributed by atoms with Gasteiger partial charge in [0.05, 0.1) is 0 Å². The molecule has 1 heterocycles. The highest BCUT2D eigenvalue weighted by atomic mass is 19.1. The SMILES string of the molecule is C#CCC(=C(c1ccc(F)cc1)c1ccc(F)cc1)C1CCNCC1. The molecule has 0 bridgehead atoms. The first-order valence-corrected chi connectivity index (χ1v) is 8.58. The molecule has 1 fully saturated rings. The van der Waals surface area contributed by atoms with Crippen LogP contribution in [-0.4, -0.2) is 13.1 Å². The summed E-state index contributed by atoms with van der Waals surface area (Å²) in [5.41, 5.74) is 4.01. The molecule has 1 N–H and O–H groups in total. The molecule has 0 aromatic heterocycles. The maximum Gasteiger partial charge on any atom is 0.123 e. The smallest absolute Gasteiger partial charge is 0.123 e. The highest BCUT2D eigenvalue weighted by Crippen LogP contribution is 2.35. The second kappa shape index (κ2) is 8.09. The average molecular weight is 337 g/mol. The standard InChI is InChI=1S/C22H21F2N/c1-2-3-21(16-12-14-25-15-13-16)22(17-4-8-19(23)9-5-17)18-6-10-20(24)11-7-18/h1,4-11,16,25H,3,12-15H2. The van der Waals surface area contributed by atoms with Gasteiger partial charge < -0.3 is 5.32 Å². The third kappa shape index (κ3) is 4.15. The summed E-state index contributed by atoms with van der Waals surface area (Å²) in [4.78, 5) is 0. The Labute approximate surface area is 147 Å². The Morgan fingerprint density at radius 2 is 1.40 bits per heavy atom. The van der Waals surface area contributed by atoms with Crippen LogP contribution < -0.4 is 5.32 Å². The van der Waals surface area contributed by atoms with Gasteiger partial charge in [0.25, 0.3) is 0 Å². The quantitative estimate of drug-likeness (QED) is 0.791. The molecule has 1 aliphatic rings. The third-order valence-electron chi connectivity index (χ3n) is 4.71. The van der Waals surface area contributed by atoms with Crippen LogP contribution in [0.15, 0.2) is 54.1 Å². The lowest BCUT2D eigenvalue weighted by molar-refractivity contribution is 0.417. The van der Waals surface area contributed by atoms with Crippen LogP contribution in [0.2, 0.25) is 0 Å². The zero-order valence-corrected chi connectivity index (χ0v) is 14.1. The highest BCUT2D eigenvalue weighted by molar-refractivity contribution is 5.82. The minimum absolute atomic E-state index is 0.275. The van der Waals surface area contributed by atoms with Gasteiger partial charge in [0.15, 0.2) is 0 Å². The van der Waals surface area contributed by atoms with Crippen LogP contribution in [0.5, 0.6) is 0 Å². The van der Waals surface area contributed by atoms with Crippen LogP contribution in [0, 0.1) is 29.9 Å². The molecule has 0 aliphatic carbocycles. The fourth-order valence-electron chi connectivity index (χ4n) is 3.49. The molecule has 0 saturated carbocycles. The fourth-order valence-corrected chi connectivity index (χ4v) is 3.49. The molecule has 0 amide bonds. The minimum atomic E-state index is -0.275. The van der Waals surface area contributed by atoms with Gasteiger partial charge in [-0.25, -0.2) is 8.78 Å². The van der Waals surface area contributed by atoms with Gasteiger partial charge in [-0.05, 0) is 78.4 Å². The normalized spacial score (nSPS) is 14.8. The lowest BCUT2D eigenvalue weighted by Gasteiger charge is -2.27. The van der Waals surface area contributed by atoms with Crippen molar-refractivity contribution >= 4 is 5.57 Å². The van der Waals surface area contributed by atoms with E-state index in [-0.39, 0.29) is 11.6 Å². The van der Waals surface area contributed by atoms with Crippen molar-refractivity contribution in [3.63, 3.8) is 0 Å². The molecule has 0 unspecified atom stereocenters. The Morgan fingerprint density at radius 1 is 0.920 bits per heavy atom. The average Bonchev–Trinajstić information content (AvgIpc) is 2.65. The van der Waals surface area contributed by atoms with Gasteiger partial charge in [0, 0.05) is 6.42 Å². The summed E-state index contributed by atoms with van der Waals surface area (Å²) in [6.45, 7) is 1.91.